The van der Waals surface area contributed by atoms with Crippen LogP contribution in [0, 0.1) is 39.9 Å². The van der Waals surface area contributed by atoms with Gasteiger partial charge in [-0.2, -0.15) is 5.26 Å². The summed E-state index contributed by atoms with van der Waals surface area (Å²) in [7, 11) is 0. The summed E-state index contributed by atoms with van der Waals surface area (Å²) in [5.41, 5.74) is -0.0498. The quantitative estimate of drug-likeness (QED) is 0.831. The van der Waals surface area contributed by atoms with Gasteiger partial charge in [0.15, 0.2) is 0 Å². The number of hydrogen-bond donors (Lipinski definition) is 1. The third-order valence-corrected chi connectivity index (χ3v) is 5.95. The van der Waals surface area contributed by atoms with Crippen LogP contribution in [0.15, 0.2) is 0 Å². The van der Waals surface area contributed by atoms with Crippen LogP contribution < -0.4 is 0 Å². The SMILES string of the molecule is CC(C)C[C@](C)(C#N)C1CCC2[C@@H](O)CCC[C@@]21C. The smallest absolute Gasteiger partial charge is 0.0690 e. The highest BCUT2D eigenvalue weighted by Crippen LogP contribution is 2.61. The van der Waals surface area contributed by atoms with Crippen molar-refractivity contribution in [2.24, 2.45) is 28.6 Å². The topological polar surface area (TPSA) is 44.0 Å². The molecule has 1 N–H and O–H groups in total. The van der Waals surface area contributed by atoms with Gasteiger partial charge in [0.25, 0.3) is 0 Å². The van der Waals surface area contributed by atoms with E-state index in [1.54, 1.807) is 0 Å². The van der Waals surface area contributed by atoms with E-state index >= 15 is 0 Å². The van der Waals surface area contributed by atoms with Crippen molar-refractivity contribution in [1.29, 1.82) is 5.26 Å². The molecular weight excluding hydrogens is 234 g/mol. The summed E-state index contributed by atoms with van der Waals surface area (Å²) >= 11 is 0. The van der Waals surface area contributed by atoms with Crippen molar-refractivity contribution < 1.29 is 5.11 Å². The minimum Gasteiger partial charge on any atom is -0.393 e. The molecule has 2 aliphatic carbocycles. The summed E-state index contributed by atoms with van der Waals surface area (Å²) < 4.78 is 0. The number of fused-ring (bicyclic) bond motifs is 1. The third kappa shape index (κ3) is 2.42. The largest absolute Gasteiger partial charge is 0.393 e. The van der Waals surface area contributed by atoms with Crippen molar-refractivity contribution in [1.82, 2.24) is 0 Å². The van der Waals surface area contributed by atoms with Gasteiger partial charge in [-0.05, 0) is 62.2 Å². The van der Waals surface area contributed by atoms with Gasteiger partial charge in [-0.15, -0.1) is 0 Å². The van der Waals surface area contributed by atoms with Crippen LogP contribution in [0.2, 0.25) is 0 Å². The molecule has 0 aromatic carbocycles. The van der Waals surface area contributed by atoms with Crippen LogP contribution in [0.4, 0.5) is 0 Å². The highest BCUT2D eigenvalue weighted by atomic mass is 16.3. The first kappa shape index (κ1) is 14.9. The predicted molar refractivity (Wildman–Crippen MR) is 77.4 cm³/mol. The van der Waals surface area contributed by atoms with Gasteiger partial charge in [0.1, 0.15) is 0 Å². The fourth-order valence-corrected chi connectivity index (χ4v) is 5.31. The Morgan fingerprint density at radius 1 is 1.37 bits per heavy atom. The van der Waals surface area contributed by atoms with Crippen molar-refractivity contribution in [3.8, 4) is 6.07 Å². The van der Waals surface area contributed by atoms with Crippen LogP contribution in [-0.2, 0) is 0 Å². The standard InChI is InChI=1S/C17H29NO/c1-12(2)10-16(3,11-18)15-8-7-13-14(19)6-5-9-17(13,15)4/h12-15,19H,5-10H2,1-4H3/t13?,14-,15?,16+,17-/m0/s1. The van der Waals surface area contributed by atoms with Crippen LogP contribution in [-0.4, -0.2) is 11.2 Å². The molecule has 0 radical (unpaired) electrons. The number of rotatable bonds is 3. The molecule has 0 aromatic rings. The van der Waals surface area contributed by atoms with Crippen LogP contribution >= 0.6 is 0 Å². The Bertz CT molecular complexity index is 372. The first-order chi connectivity index (χ1) is 8.83. The van der Waals surface area contributed by atoms with Gasteiger partial charge in [0.2, 0.25) is 0 Å². The van der Waals surface area contributed by atoms with Crippen molar-refractivity contribution in [2.75, 3.05) is 0 Å². The van der Waals surface area contributed by atoms with Crippen LogP contribution in [0.25, 0.3) is 0 Å². The Morgan fingerprint density at radius 2 is 2.05 bits per heavy atom. The molecule has 2 saturated carbocycles. The van der Waals surface area contributed by atoms with E-state index in [1.165, 1.54) is 6.42 Å². The van der Waals surface area contributed by atoms with E-state index in [4.69, 9.17) is 0 Å². The molecular formula is C17H29NO. The molecule has 19 heavy (non-hydrogen) atoms. The molecule has 0 aliphatic heterocycles. The van der Waals surface area contributed by atoms with Gasteiger partial charge >= 0.3 is 0 Å². The highest BCUT2D eigenvalue weighted by molar-refractivity contribution is 5.11. The highest BCUT2D eigenvalue weighted by Gasteiger charge is 2.56. The van der Waals surface area contributed by atoms with Gasteiger partial charge < -0.3 is 5.11 Å². The zero-order valence-electron chi connectivity index (χ0n) is 12.9. The van der Waals surface area contributed by atoms with Crippen molar-refractivity contribution in [3.05, 3.63) is 0 Å². The summed E-state index contributed by atoms with van der Waals surface area (Å²) in [5.74, 6) is 1.43. The van der Waals surface area contributed by atoms with E-state index in [-0.39, 0.29) is 16.9 Å². The molecule has 0 spiro atoms. The number of hydrogen-bond acceptors (Lipinski definition) is 2. The van der Waals surface area contributed by atoms with E-state index in [2.05, 4.69) is 33.8 Å². The monoisotopic (exact) mass is 263 g/mol. The zero-order chi connectivity index (χ0) is 14.3. The summed E-state index contributed by atoms with van der Waals surface area (Å²) in [5, 5.41) is 20.1. The summed E-state index contributed by atoms with van der Waals surface area (Å²) in [6.07, 6.45) is 6.34. The van der Waals surface area contributed by atoms with E-state index in [0.29, 0.717) is 17.8 Å². The molecule has 2 rings (SSSR count). The van der Waals surface area contributed by atoms with Crippen LogP contribution in [0.3, 0.4) is 0 Å². The maximum Gasteiger partial charge on any atom is 0.0690 e. The molecule has 0 amide bonds. The van der Waals surface area contributed by atoms with Gasteiger partial charge in [0.05, 0.1) is 17.6 Å². The van der Waals surface area contributed by atoms with E-state index in [9.17, 15) is 10.4 Å². The van der Waals surface area contributed by atoms with Crippen molar-refractivity contribution in [3.63, 3.8) is 0 Å². The number of nitrogens with zero attached hydrogens (tertiary/aromatic N) is 1. The second-order valence-electron chi connectivity index (χ2n) is 7.83. The average Bonchev–Trinajstić information content (AvgIpc) is 2.67. The second-order valence-corrected chi connectivity index (χ2v) is 7.83. The molecule has 2 unspecified atom stereocenters. The average molecular weight is 263 g/mol. The lowest BCUT2D eigenvalue weighted by atomic mass is 9.56. The van der Waals surface area contributed by atoms with Gasteiger partial charge in [-0.3, -0.25) is 0 Å². The normalized spacial score (nSPS) is 41.6. The van der Waals surface area contributed by atoms with Gasteiger partial charge in [-0.25, -0.2) is 0 Å². The maximum absolute atomic E-state index is 10.3. The molecule has 2 nitrogen and oxygen atoms in total. The molecule has 0 saturated heterocycles. The fourth-order valence-electron chi connectivity index (χ4n) is 5.31. The summed E-state index contributed by atoms with van der Waals surface area (Å²) in [6, 6.07) is 2.64. The second kappa shape index (κ2) is 5.09. The number of aliphatic hydroxyl groups excluding tert-OH is 1. The van der Waals surface area contributed by atoms with Crippen LogP contribution in [0.1, 0.15) is 66.2 Å². The third-order valence-electron chi connectivity index (χ3n) is 5.95. The Labute approximate surface area is 118 Å². The lowest BCUT2D eigenvalue weighted by Gasteiger charge is -2.47. The number of nitriles is 1. The minimum atomic E-state index is -0.227. The molecule has 0 heterocycles. The first-order valence-electron chi connectivity index (χ1n) is 7.93. The molecule has 0 aromatic heterocycles. The predicted octanol–water partition coefficient (Wildman–Crippen LogP) is 4.14. The first-order valence-corrected chi connectivity index (χ1v) is 7.93. The molecule has 2 heteroatoms. The van der Waals surface area contributed by atoms with E-state index in [0.717, 1.165) is 32.1 Å². The fraction of sp³-hybridized carbons (Fsp3) is 0.941. The molecule has 2 aliphatic rings. The Balaban J connectivity index is 2.28. The molecule has 2 fully saturated rings. The lowest BCUT2D eigenvalue weighted by molar-refractivity contribution is -0.0392. The summed E-state index contributed by atoms with van der Waals surface area (Å²) in [6.45, 7) is 8.92. The maximum atomic E-state index is 10.3. The number of aliphatic hydroxyl groups is 1. The molecule has 0 bridgehead atoms. The molecule has 5 atom stereocenters. The van der Waals surface area contributed by atoms with Crippen molar-refractivity contribution in [2.45, 2.75) is 72.3 Å². The Hall–Kier alpha value is -0.550. The Morgan fingerprint density at radius 3 is 2.63 bits per heavy atom. The van der Waals surface area contributed by atoms with E-state index in [1.807, 2.05) is 0 Å². The zero-order valence-corrected chi connectivity index (χ0v) is 12.9. The minimum absolute atomic E-state index is 0.134. The van der Waals surface area contributed by atoms with Crippen LogP contribution in [0.5, 0.6) is 0 Å². The van der Waals surface area contributed by atoms with Crippen molar-refractivity contribution >= 4 is 0 Å². The lowest BCUT2D eigenvalue weighted by Crippen LogP contribution is -2.44. The Kier molecular flexibility index (Phi) is 3.98. The van der Waals surface area contributed by atoms with Gasteiger partial charge in [-0.1, -0.05) is 27.2 Å². The summed E-state index contributed by atoms with van der Waals surface area (Å²) in [4.78, 5) is 0. The molecule has 108 valence electrons. The van der Waals surface area contributed by atoms with E-state index < -0.39 is 0 Å². The van der Waals surface area contributed by atoms with Gasteiger partial charge in [0, 0.05) is 0 Å².